The van der Waals surface area contributed by atoms with Gasteiger partial charge in [-0.15, -0.1) is 0 Å². The minimum Gasteiger partial charge on any atom is -0.497 e. The molecule has 162 valence electrons. The first kappa shape index (κ1) is 21.4. The van der Waals surface area contributed by atoms with E-state index < -0.39 is 0 Å². The Hall–Kier alpha value is -3.86. The molecule has 4 aromatic rings. The highest BCUT2D eigenvalue weighted by Gasteiger charge is 2.09. The zero-order valence-electron chi connectivity index (χ0n) is 18.4. The lowest BCUT2D eigenvalue weighted by Crippen LogP contribution is -2.10. The molecule has 0 unspecified atom stereocenters. The smallest absolute Gasteiger partial charge is 0.338 e. The highest BCUT2D eigenvalue weighted by molar-refractivity contribution is 5.89. The Labute approximate surface area is 187 Å². The van der Waals surface area contributed by atoms with Crippen LogP contribution in [0.1, 0.15) is 24.2 Å². The van der Waals surface area contributed by atoms with Gasteiger partial charge in [-0.25, -0.2) is 9.79 Å². The van der Waals surface area contributed by atoms with Crippen molar-refractivity contribution in [2.24, 2.45) is 10.9 Å². The molecule has 0 radical (unpaired) electrons. The van der Waals surface area contributed by atoms with E-state index in [1.54, 1.807) is 19.2 Å². The van der Waals surface area contributed by atoms with E-state index in [4.69, 9.17) is 18.9 Å². The van der Waals surface area contributed by atoms with Gasteiger partial charge in [0, 0.05) is 17.0 Å². The Balaban J connectivity index is 1.77. The summed E-state index contributed by atoms with van der Waals surface area (Å²) in [5, 5.41) is 1.59. The summed E-state index contributed by atoms with van der Waals surface area (Å²) in [7, 11) is 1.63. The minimum absolute atomic E-state index is 0.292. The van der Waals surface area contributed by atoms with Crippen LogP contribution in [0.25, 0.3) is 22.3 Å². The van der Waals surface area contributed by atoms with Gasteiger partial charge in [0.05, 0.1) is 30.3 Å². The van der Waals surface area contributed by atoms with Gasteiger partial charge in [-0.3, -0.25) is 0 Å². The molecule has 0 fully saturated rings. The Morgan fingerprint density at radius 3 is 2.41 bits per heavy atom. The minimum atomic E-state index is -0.328. The molecule has 0 spiro atoms. The lowest BCUT2D eigenvalue weighted by molar-refractivity contribution is 0.0459. The molecule has 4 rings (SSSR count). The summed E-state index contributed by atoms with van der Waals surface area (Å²) in [6.45, 7) is 4.41. The summed E-state index contributed by atoms with van der Waals surface area (Å²) >= 11 is 0. The molecule has 0 amide bonds. The number of carbonyl (C=O) groups is 1. The highest BCUT2D eigenvalue weighted by atomic mass is 16.5. The predicted molar refractivity (Wildman–Crippen MR) is 125 cm³/mol. The van der Waals surface area contributed by atoms with Gasteiger partial charge in [0.1, 0.15) is 17.1 Å². The normalized spacial score (nSPS) is 11.7. The number of hydrogen-bond acceptors (Lipinski definition) is 5. The maximum Gasteiger partial charge on any atom is 0.338 e. The van der Waals surface area contributed by atoms with Crippen LogP contribution in [0.15, 0.2) is 88.3 Å². The molecule has 5 nitrogen and oxygen atoms in total. The van der Waals surface area contributed by atoms with Gasteiger partial charge in [0.25, 0.3) is 0 Å². The van der Waals surface area contributed by atoms with Crippen molar-refractivity contribution in [1.29, 1.82) is 0 Å². The molecule has 0 bridgehead atoms. The van der Waals surface area contributed by atoms with E-state index in [2.05, 4.69) is 0 Å². The molecule has 0 aliphatic carbocycles. The van der Waals surface area contributed by atoms with Gasteiger partial charge >= 0.3 is 5.97 Å². The Kier molecular flexibility index (Phi) is 6.36. The Morgan fingerprint density at radius 2 is 1.72 bits per heavy atom. The number of carbonyl (C=O) groups excluding carboxylic acids is 1. The van der Waals surface area contributed by atoms with E-state index in [9.17, 15) is 4.79 Å². The molecule has 0 aliphatic heterocycles. The molecule has 0 saturated heterocycles. The standard InChI is InChI=1S/C27H25NO4/c1-18(2)17-31-27(29)20-9-11-21(12-10-20)28-24-16-26(19-7-5-4-6-8-19)32-25-14-13-22(30-3)15-23(24)25/h4-16,18H,17H2,1-3H3. The fourth-order valence-electron chi connectivity index (χ4n) is 3.25. The number of benzene rings is 3. The molecule has 0 saturated carbocycles. The fraction of sp³-hybridized carbons (Fsp3) is 0.185. The summed E-state index contributed by atoms with van der Waals surface area (Å²) in [4.78, 5) is 17.0. The number of nitrogens with zero attached hydrogens (tertiary/aromatic N) is 1. The maximum absolute atomic E-state index is 12.2. The SMILES string of the molecule is COc1ccc2oc(-c3ccccc3)cc(=Nc3ccc(C(=O)OCC(C)C)cc3)c2c1. The first-order chi connectivity index (χ1) is 15.5. The number of hydrogen-bond donors (Lipinski definition) is 0. The quantitative estimate of drug-likeness (QED) is 0.346. The van der Waals surface area contributed by atoms with Crippen molar-refractivity contribution in [2.75, 3.05) is 13.7 Å². The van der Waals surface area contributed by atoms with Crippen LogP contribution in [0.4, 0.5) is 5.69 Å². The first-order valence-corrected chi connectivity index (χ1v) is 10.5. The number of rotatable bonds is 6. The Bertz CT molecular complexity index is 1290. The largest absolute Gasteiger partial charge is 0.497 e. The summed E-state index contributed by atoms with van der Waals surface area (Å²) in [6.07, 6.45) is 0. The van der Waals surface area contributed by atoms with Gasteiger partial charge in [0.2, 0.25) is 0 Å². The zero-order valence-corrected chi connectivity index (χ0v) is 18.4. The number of ether oxygens (including phenoxy) is 2. The molecule has 1 aromatic heterocycles. The third kappa shape index (κ3) is 4.89. The van der Waals surface area contributed by atoms with Crippen molar-refractivity contribution in [2.45, 2.75) is 13.8 Å². The second-order valence-corrected chi connectivity index (χ2v) is 7.87. The lowest BCUT2D eigenvalue weighted by Gasteiger charge is -2.08. The number of fused-ring (bicyclic) bond motifs is 1. The molecule has 0 aliphatic rings. The van der Waals surface area contributed by atoms with Gasteiger partial charge in [-0.2, -0.15) is 0 Å². The fourth-order valence-corrected chi connectivity index (χ4v) is 3.25. The van der Waals surface area contributed by atoms with Crippen molar-refractivity contribution in [1.82, 2.24) is 0 Å². The van der Waals surface area contributed by atoms with Crippen LogP contribution in [0.2, 0.25) is 0 Å². The summed E-state index contributed by atoms with van der Waals surface area (Å²) in [5.41, 5.74) is 2.90. The van der Waals surface area contributed by atoms with Crippen LogP contribution < -0.4 is 10.1 Å². The number of esters is 1. The van der Waals surface area contributed by atoms with Crippen molar-refractivity contribution in [3.8, 4) is 17.1 Å². The van der Waals surface area contributed by atoms with Crippen molar-refractivity contribution in [3.05, 3.63) is 89.8 Å². The van der Waals surface area contributed by atoms with Crippen LogP contribution in [0.5, 0.6) is 5.75 Å². The third-order valence-electron chi connectivity index (χ3n) is 4.91. The maximum atomic E-state index is 12.2. The number of methoxy groups -OCH3 is 1. The molecule has 0 atom stereocenters. The third-order valence-corrected chi connectivity index (χ3v) is 4.91. The van der Waals surface area contributed by atoms with Gasteiger partial charge in [0.15, 0.2) is 0 Å². The monoisotopic (exact) mass is 427 g/mol. The van der Waals surface area contributed by atoms with E-state index in [0.29, 0.717) is 23.7 Å². The molecular formula is C27H25NO4. The molecular weight excluding hydrogens is 402 g/mol. The zero-order chi connectivity index (χ0) is 22.5. The average Bonchev–Trinajstić information content (AvgIpc) is 2.83. The second kappa shape index (κ2) is 9.52. The van der Waals surface area contributed by atoms with Crippen LogP contribution in [0, 0.1) is 5.92 Å². The second-order valence-electron chi connectivity index (χ2n) is 7.87. The molecule has 3 aromatic carbocycles. The van der Waals surface area contributed by atoms with Crippen LogP contribution >= 0.6 is 0 Å². The molecule has 1 heterocycles. The van der Waals surface area contributed by atoms with Gasteiger partial charge in [-0.05, 0) is 48.4 Å². The van der Waals surface area contributed by atoms with Crippen LogP contribution in [-0.2, 0) is 4.74 Å². The average molecular weight is 428 g/mol. The van der Waals surface area contributed by atoms with Crippen molar-refractivity contribution >= 4 is 22.6 Å². The van der Waals surface area contributed by atoms with Crippen molar-refractivity contribution < 1.29 is 18.7 Å². The highest BCUT2D eigenvalue weighted by Crippen LogP contribution is 2.25. The first-order valence-electron chi connectivity index (χ1n) is 10.5. The molecule has 0 N–H and O–H groups in total. The lowest BCUT2D eigenvalue weighted by atomic mass is 10.1. The molecule has 5 heteroatoms. The summed E-state index contributed by atoms with van der Waals surface area (Å²) in [6, 6.07) is 24.6. The summed E-state index contributed by atoms with van der Waals surface area (Å²) < 4.78 is 16.8. The van der Waals surface area contributed by atoms with Gasteiger partial charge in [-0.1, -0.05) is 44.2 Å². The van der Waals surface area contributed by atoms with E-state index in [0.717, 1.165) is 33.5 Å². The van der Waals surface area contributed by atoms with Crippen molar-refractivity contribution in [3.63, 3.8) is 0 Å². The molecule has 32 heavy (non-hydrogen) atoms. The van der Waals surface area contributed by atoms with Crippen LogP contribution in [-0.4, -0.2) is 19.7 Å². The Morgan fingerprint density at radius 1 is 0.969 bits per heavy atom. The van der Waals surface area contributed by atoms with E-state index in [1.807, 2.05) is 80.6 Å². The predicted octanol–water partition coefficient (Wildman–Crippen LogP) is 6.15. The summed E-state index contributed by atoms with van der Waals surface area (Å²) in [5.74, 6) is 1.40. The van der Waals surface area contributed by atoms with Crippen LogP contribution in [0.3, 0.4) is 0 Å². The van der Waals surface area contributed by atoms with Gasteiger partial charge < -0.3 is 13.9 Å². The van der Waals surface area contributed by atoms with E-state index in [1.165, 1.54) is 0 Å². The van der Waals surface area contributed by atoms with E-state index >= 15 is 0 Å². The van der Waals surface area contributed by atoms with E-state index in [-0.39, 0.29) is 5.97 Å². The topological polar surface area (TPSA) is 61.0 Å².